The van der Waals surface area contributed by atoms with E-state index >= 15 is 0 Å². The van der Waals surface area contributed by atoms with Crippen LogP contribution in [-0.2, 0) is 0 Å². The zero-order valence-corrected chi connectivity index (χ0v) is 10.5. The molecule has 0 saturated heterocycles. The average Bonchev–Trinajstić information content (AvgIpc) is 2.46. The first kappa shape index (κ1) is 13.1. The third-order valence-electron chi connectivity index (χ3n) is 2.99. The van der Waals surface area contributed by atoms with Crippen molar-refractivity contribution >= 4 is 5.97 Å². The minimum atomic E-state index is -0.940. The summed E-state index contributed by atoms with van der Waals surface area (Å²) in [5, 5.41) is 8.84. The van der Waals surface area contributed by atoms with Crippen molar-refractivity contribution in [3.63, 3.8) is 0 Å². The molecule has 0 saturated carbocycles. The van der Waals surface area contributed by atoms with E-state index in [9.17, 15) is 4.79 Å². The van der Waals surface area contributed by atoms with Crippen LogP contribution in [0, 0.1) is 0 Å². The Labute approximate surface area is 111 Å². The molecule has 4 heteroatoms. The Morgan fingerprint density at radius 2 is 1.53 bits per heavy atom. The maximum atomic E-state index is 10.8. The molecule has 0 fully saturated rings. The lowest BCUT2D eigenvalue weighted by Crippen LogP contribution is -2.12. The van der Waals surface area contributed by atoms with E-state index in [0.29, 0.717) is 0 Å². The molecule has 0 aliphatic rings. The van der Waals surface area contributed by atoms with E-state index in [4.69, 9.17) is 15.6 Å². The van der Waals surface area contributed by atoms with Gasteiger partial charge in [-0.15, -0.1) is 0 Å². The Morgan fingerprint density at radius 3 is 1.95 bits per heavy atom. The molecule has 4 nitrogen and oxygen atoms in total. The molecule has 2 aromatic rings. The van der Waals surface area contributed by atoms with Crippen LogP contribution in [0.15, 0.2) is 48.5 Å². The van der Waals surface area contributed by atoms with Gasteiger partial charge in [0.25, 0.3) is 0 Å². The summed E-state index contributed by atoms with van der Waals surface area (Å²) in [5.74, 6) is -0.165. The highest BCUT2D eigenvalue weighted by Gasteiger charge is 2.10. The van der Waals surface area contributed by atoms with Crippen LogP contribution < -0.4 is 10.5 Å². The molecule has 0 aliphatic carbocycles. The molecule has 0 aliphatic heterocycles. The van der Waals surface area contributed by atoms with Crippen LogP contribution in [-0.4, -0.2) is 18.2 Å². The van der Waals surface area contributed by atoms with Crippen molar-refractivity contribution in [2.75, 3.05) is 7.11 Å². The number of nitrogens with two attached hydrogens (primary N) is 1. The van der Waals surface area contributed by atoms with Gasteiger partial charge in [-0.25, -0.2) is 4.79 Å². The number of hydrogen-bond acceptors (Lipinski definition) is 3. The van der Waals surface area contributed by atoms with Crippen molar-refractivity contribution in [1.29, 1.82) is 0 Å². The number of carbonyl (C=O) groups is 1. The Morgan fingerprint density at radius 1 is 1.05 bits per heavy atom. The standard InChI is InChI=1S/C15H15NO3/c1-19-13-8-6-11(7-9-13)14(16)10-2-4-12(5-3-10)15(17)18/h2-9,14H,16H2,1H3,(H,17,18). The van der Waals surface area contributed by atoms with Crippen molar-refractivity contribution in [2.45, 2.75) is 6.04 Å². The number of benzene rings is 2. The summed E-state index contributed by atoms with van der Waals surface area (Å²) in [6, 6.07) is 13.8. The maximum absolute atomic E-state index is 10.8. The van der Waals surface area contributed by atoms with Crippen LogP contribution >= 0.6 is 0 Å². The highest BCUT2D eigenvalue weighted by atomic mass is 16.5. The van der Waals surface area contributed by atoms with Crippen molar-refractivity contribution in [2.24, 2.45) is 5.73 Å². The van der Waals surface area contributed by atoms with Crippen LogP contribution in [0.3, 0.4) is 0 Å². The van der Waals surface area contributed by atoms with Gasteiger partial charge < -0.3 is 15.6 Å². The predicted molar refractivity (Wildman–Crippen MR) is 72.4 cm³/mol. The zero-order valence-electron chi connectivity index (χ0n) is 10.5. The first-order chi connectivity index (χ1) is 9.11. The third kappa shape index (κ3) is 2.92. The van der Waals surface area contributed by atoms with Gasteiger partial charge in [-0.05, 0) is 35.4 Å². The SMILES string of the molecule is COc1ccc(C(N)c2ccc(C(=O)O)cc2)cc1. The summed E-state index contributed by atoms with van der Waals surface area (Å²) in [5.41, 5.74) is 8.22. The second kappa shape index (κ2) is 5.54. The fourth-order valence-electron chi connectivity index (χ4n) is 1.84. The Balaban J connectivity index is 2.22. The van der Waals surface area contributed by atoms with Crippen LogP contribution in [0.5, 0.6) is 5.75 Å². The number of carboxylic acid groups (broad SMARTS) is 1. The Bertz CT molecular complexity index is 561. The van der Waals surface area contributed by atoms with Crippen LogP contribution in [0.4, 0.5) is 0 Å². The van der Waals surface area contributed by atoms with Gasteiger partial charge in [0, 0.05) is 0 Å². The van der Waals surface area contributed by atoms with Crippen molar-refractivity contribution < 1.29 is 14.6 Å². The summed E-state index contributed by atoms with van der Waals surface area (Å²) in [4.78, 5) is 10.8. The number of methoxy groups -OCH3 is 1. The smallest absolute Gasteiger partial charge is 0.335 e. The van der Waals surface area contributed by atoms with E-state index in [-0.39, 0.29) is 11.6 Å². The van der Waals surface area contributed by atoms with E-state index in [2.05, 4.69) is 0 Å². The van der Waals surface area contributed by atoms with Crippen LogP contribution in [0.25, 0.3) is 0 Å². The lowest BCUT2D eigenvalue weighted by Gasteiger charge is -2.13. The van der Waals surface area contributed by atoms with Gasteiger partial charge >= 0.3 is 5.97 Å². The zero-order chi connectivity index (χ0) is 13.8. The van der Waals surface area contributed by atoms with Gasteiger partial charge in [0.2, 0.25) is 0 Å². The second-order valence-electron chi connectivity index (χ2n) is 4.18. The molecule has 0 spiro atoms. The van der Waals surface area contributed by atoms with Gasteiger partial charge in [0.1, 0.15) is 5.75 Å². The number of carboxylic acids is 1. The summed E-state index contributed by atoms with van der Waals surface area (Å²) in [6.45, 7) is 0. The number of rotatable bonds is 4. The molecule has 1 atom stereocenters. The van der Waals surface area contributed by atoms with Gasteiger partial charge in [-0.2, -0.15) is 0 Å². The minimum absolute atomic E-state index is 0.255. The van der Waals surface area contributed by atoms with Gasteiger partial charge in [0.05, 0.1) is 18.7 Å². The molecular formula is C15H15NO3. The summed E-state index contributed by atoms with van der Waals surface area (Å²) >= 11 is 0. The van der Waals surface area contributed by atoms with E-state index in [1.165, 1.54) is 0 Å². The van der Waals surface area contributed by atoms with Gasteiger partial charge in [0.15, 0.2) is 0 Å². The summed E-state index contributed by atoms with van der Waals surface area (Å²) < 4.78 is 5.09. The Kier molecular flexibility index (Phi) is 3.82. The highest BCUT2D eigenvalue weighted by molar-refractivity contribution is 5.87. The number of ether oxygens (including phenoxy) is 1. The molecular weight excluding hydrogens is 242 g/mol. The molecule has 0 amide bonds. The quantitative estimate of drug-likeness (QED) is 0.882. The molecule has 0 heterocycles. The molecule has 0 aromatic heterocycles. The van der Waals surface area contributed by atoms with Gasteiger partial charge in [-0.1, -0.05) is 24.3 Å². The minimum Gasteiger partial charge on any atom is -0.497 e. The van der Waals surface area contributed by atoms with Crippen molar-refractivity contribution in [3.8, 4) is 5.75 Å². The number of hydrogen-bond donors (Lipinski definition) is 2. The van der Waals surface area contributed by atoms with Gasteiger partial charge in [-0.3, -0.25) is 0 Å². The van der Waals surface area contributed by atoms with E-state index in [1.807, 2.05) is 24.3 Å². The van der Waals surface area contributed by atoms with E-state index in [0.717, 1.165) is 16.9 Å². The Hall–Kier alpha value is -2.33. The predicted octanol–water partition coefficient (Wildman–Crippen LogP) is 2.44. The molecule has 98 valence electrons. The molecule has 1 unspecified atom stereocenters. The lowest BCUT2D eigenvalue weighted by molar-refractivity contribution is 0.0697. The largest absolute Gasteiger partial charge is 0.497 e. The van der Waals surface area contributed by atoms with E-state index < -0.39 is 5.97 Å². The molecule has 19 heavy (non-hydrogen) atoms. The molecule has 2 rings (SSSR count). The second-order valence-corrected chi connectivity index (χ2v) is 4.18. The summed E-state index contributed by atoms with van der Waals surface area (Å²) in [6.07, 6.45) is 0. The molecule has 0 radical (unpaired) electrons. The average molecular weight is 257 g/mol. The first-order valence-electron chi connectivity index (χ1n) is 5.84. The lowest BCUT2D eigenvalue weighted by atomic mass is 9.98. The normalized spacial score (nSPS) is 11.9. The first-order valence-corrected chi connectivity index (χ1v) is 5.84. The van der Waals surface area contributed by atoms with E-state index in [1.54, 1.807) is 31.4 Å². The maximum Gasteiger partial charge on any atom is 0.335 e. The molecule has 2 aromatic carbocycles. The fourth-order valence-corrected chi connectivity index (χ4v) is 1.84. The third-order valence-corrected chi connectivity index (χ3v) is 2.99. The number of aromatic carboxylic acids is 1. The van der Waals surface area contributed by atoms with Crippen molar-refractivity contribution in [3.05, 3.63) is 65.2 Å². The molecule has 0 bridgehead atoms. The van der Waals surface area contributed by atoms with Crippen LogP contribution in [0.1, 0.15) is 27.5 Å². The highest BCUT2D eigenvalue weighted by Crippen LogP contribution is 2.22. The fraction of sp³-hybridized carbons (Fsp3) is 0.133. The monoisotopic (exact) mass is 257 g/mol. The summed E-state index contributed by atoms with van der Waals surface area (Å²) in [7, 11) is 1.61. The van der Waals surface area contributed by atoms with Crippen LogP contribution in [0.2, 0.25) is 0 Å². The topological polar surface area (TPSA) is 72.5 Å². The van der Waals surface area contributed by atoms with Crippen molar-refractivity contribution in [1.82, 2.24) is 0 Å². The molecule has 3 N–H and O–H groups in total.